The van der Waals surface area contributed by atoms with Gasteiger partial charge in [0.05, 0.1) is 5.02 Å². The molecule has 0 aliphatic carbocycles. The molecule has 1 aromatic rings. The molecule has 106 valence electrons. The highest BCUT2D eigenvalue weighted by Crippen LogP contribution is 2.29. The van der Waals surface area contributed by atoms with Gasteiger partial charge in [-0.05, 0) is 37.1 Å². The van der Waals surface area contributed by atoms with Crippen LogP contribution in [0.15, 0.2) is 18.2 Å². The molecule has 0 spiro atoms. The third kappa shape index (κ3) is 3.99. The lowest BCUT2D eigenvalue weighted by atomic mass is 9.90. The highest BCUT2D eigenvalue weighted by Gasteiger charge is 2.31. The van der Waals surface area contributed by atoms with Crippen LogP contribution in [0, 0.1) is 5.41 Å². The van der Waals surface area contributed by atoms with Gasteiger partial charge in [0.25, 0.3) is 0 Å². The van der Waals surface area contributed by atoms with E-state index in [0.717, 1.165) is 32.6 Å². The van der Waals surface area contributed by atoms with E-state index in [1.165, 1.54) is 0 Å². The van der Waals surface area contributed by atoms with Gasteiger partial charge in [0, 0.05) is 24.2 Å². The Morgan fingerprint density at radius 3 is 2.89 bits per heavy atom. The molecule has 1 atom stereocenters. The molecule has 1 saturated heterocycles. The standard InChI is InChI=1S/C14H20Cl2N2O/c1-14(9-17)4-5-18(10-14)6-7-19-13-8-11(15)2-3-12(13)16/h2-3,8H,4-7,9-10,17H2,1H3. The second kappa shape index (κ2) is 6.31. The lowest BCUT2D eigenvalue weighted by Crippen LogP contribution is -2.33. The summed E-state index contributed by atoms with van der Waals surface area (Å²) in [5.74, 6) is 0.648. The number of likely N-dealkylation sites (tertiary alicyclic amines) is 1. The Hall–Kier alpha value is -0.480. The summed E-state index contributed by atoms with van der Waals surface area (Å²) in [5, 5.41) is 1.23. The van der Waals surface area contributed by atoms with Crippen LogP contribution in [-0.4, -0.2) is 37.7 Å². The summed E-state index contributed by atoms with van der Waals surface area (Å²) in [6.07, 6.45) is 1.15. The minimum Gasteiger partial charge on any atom is -0.491 e. The van der Waals surface area contributed by atoms with Crippen molar-refractivity contribution in [2.24, 2.45) is 11.1 Å². The topological polar surface area (TPSA) is 38.5 Å². The van der Waals surface area contributed by atoms with Crippen LogP contribution in [0.25, 0.3) is 0 Å². The van der Waals surface area contributed by atoms with Crippen molar-refractivity contribution in [2.45, 2.75) is 13.3 Å². The number of rotatable bonds is 5. The maximum absolute atomic E-state index is 6.05. The highest BCUT2D eigenvalue weighted by atomic mass is 35.5. The molecular weight excluding hydrogens is 283 g/mol. The quantitative estimate of drug-likeness (QED) is 0.908. The second-order valence-corrected chi connectivity index (χ2v) is 6.31. The van der Waals surface area contributed by atoms with Gasteiger partial charge in [-0.3, -0.25) is 4.90 Å². The molecule has 1 aromatic carbocycles. The summed E-state index contributed by atoms with van der Waals surface area (Å²) in [6, 6.07) is 5.25. The normalized spacial score (nSPS) is 23.8. The molecule has 5 heteroatoms. The number of ether oxygens (including phenoxy) is 1. The third-order valence-electron chi connectivity index (χ3n) is 3.69. The fourth-order valence-electron chi connectivity index (χ4n) is 2.36. The zero-order chi connectivity index (χ0) is 13.9. The Kier molecular flexibility index (Phi) is 4.96. The molecule has 0 amide bonds. The summed E-state index contributed by atoms with van der Waals surface area (Å²) in [4.78, 5) is 2.38. The number of halogens is 2. The average molecular weight is 303 g/mol. The monoisotopic (exact) mass is 302 g/mol. The lowest BCUT2D eigenvalue weighted by Gasteiger charge is -2.22. The third-order valence-corrected chi connectivity index (χ3v) is 4.24. The summed E-state index contributed by atoms with van der Waals surface area (Å²) >= 11 is 12.0. The van der Waals surface area contributed by atoms with E-state index < -0.39 is 0 Å². The maximum atomic E-state index is 6.05. The van der Waals surface area contributed by atoms with Gasteiger partial charge in [-0.2, -0.15) is 0 Å². The Labute approximate surface area is 124 Å². The van der Waals surface area contributed by atoms with Gasteiger partial charge in [0.15, 0.2) is 0 Å². The van der Waals surface area contributed by atoms with Crippen LogP contribution >= 0.6 is 23.2 Å². The molecule has 0 saturated carbocycles. The van der Waals surface area contributed by atoms with Crippen molar-refractivity contribution in [2.75, 3.05) is 32.8 Å². The summed E-state index contributed by atoms with van der Waals surface area (Å²) in [7, 11) is 0. The zero-order valence-corrected chi connectivity index (χ0v) is 12.7. The van der Waals surface area contributed by atoms with E-state index >= 15 is 0 Å². The number of hydrogen-bond donors (Lipinski definition) is 1. The van der Waals surface area contributed by atoms with Crippen LogP contribution in [0.1, 0.15) is 13.3 Å². The predicted molar refractivity (Wildman–Crippen MR) is 80.2 cm³/mol. The zero-order valence-electron chi connectivity index (χ0n) is 11.2. The Balaban J connectivity index is 1.80. The minimum absolute atomic E-state index is 0.258. The molecule has 1 fully saturated rings. The number of nitrogens with zero attached hydrogens (tertiary/aromatic N) is 1. The Morgan fingerprint density at radius 1 is 1.42 bits per heavy atom. The Bertz CT molecular complexity index is 441. The molecule has 0 bridgehead atoms. The van der Waals surface area contributed by atoms with Crippen LogP contribution < -0.4 is 10.5 Å². The Morgan fingerprint density at radius 2 is 2.21 bits per heavy atom. The fraction of sp³-hybridized carbons (Fsp3) is 0.571. The van der Waals surface area contributed by atoms with Gasteiger partial charge >= 0.3 is 0 Å². The van der Waals surface area contributed by atoms with E-state index in [1.54, 1.807) is 18.2 Å². The van der Waals surface area contributed by atoms with Crippen molar-refractivity contribution in [1.82, 2.24) is 4.90 Å². The molecule has 1 aliphatic rings. The number of hydrogen-bond acceptors (Lipinski definition) is 3. The van der Waals surface area contributed by atoms with Gasteiger partial charge in [-0.15, -0.1) is 0 Å². The molecule has 2 rings (SSSR count). The molecule has 1 heterocycles. The molecule has 1 aliphatic heterocycles. The number of benzene rings is 1. The van der Waals surface area contributed by atoms with Crippen molar-refractivity contribution in [1.29, 1.82) is 0 Å². The van der Waals surface area contributed by atoms with Gasteiger partial charge in [-0.1, -0.05) is 30.1 Å². The van der Waals surface area contributed by atoms with Crippen LogP contribution in [-0.2, 0) is 0 Å². The first-order valence-electron chi connectivity index (χ1n) is 6.53. The highest BCUT2D eigenvalue weighted by molar-refractivity contribution is 6.34. The van der Waals surface area contributed by atoms with Crippen LogP contribution in [0.4, 0.5) is 0 Å². The van der Waals surface area contributed by atoms with E-state index in [1.807, 2.05) is 0 Å². The van der Waals surface area contributed by atoms with Gasteiger partial charge < -0.3 is 10.5 Å². The summed E-state index contributed by atoms with van der Waals surface area (Å²) in [5.41, 5.74) is 6.05. The lowest BCUT2D eigenvalue weighted by molar-refractivity contribution is 0.219. The molecular formula is C14H20Cl2N2O. The first-order valence-corrected chi connectivity index (χ1v) is 7.28. The smallest absolute Gasteiger partial charge is 0.139 e. The van der Waals surface area contributed by atoms with E-state index in [-0.39, 0.29) is 5.41 Å². The predicted octanol–water partition coefficient (Wildman–Crippen LogP) is 3.04. The maximum Gasteiger partial charge on any atom is 0.139 e. The van der Waals surface area contributed by atoms with E-state index in [2.05, 4.69) is 11.8 Å². The molecule has 2 N–H and O–H groups in total. The van der Waals surface area contributed by atoms with Gasteiger partial charge in [0.1, 0.15) is 12.4 Å². The molecule has 3 nitrogen and oxygen atoms in total. The van der Waals surface area contributed by atoms with Gasteiger partial charge in [0.2, 0.25) is 0 Å². The van der Waals surface area contributed by atoms with Crippen molar-refractivity contribution >= 4 is 23.2 Å². The first-order chi connectivity index (χ1) is 9.02. The van der Waals surface area contributed by atoms with Crippen molar-refractivity contribution in [3.05, 3.63) is 28.2 Å². The van der Waals surface area contributed by atoms with Crippen molar-refractivity contribution in [3.63, 3.8) is 0 Å². The largest absolute Gasteiger partial charge is 0.491 e. The van der Waals surface area contributed by atoms with E-state index in [9.17, 15) is 0 Å². The molecule has 0 aromatic heterocycles. The number of nitrogens with two attached hydrogens (primary N) is 1. The second-order valence-electron chi connectivity index (χ2n) is 5.46. The molecule has 1 unspecified atom stereocenters. The molecule has 19 heavy (non-hydrogen) atoms. The van der Waals surface area contributed by atoms with Crippen LogP contribution in [0.2, 0.25) is 10.0 Å². The van der Waals surface area contributed by atoms with Crippen molar-refractivity contribution < 1.29 is 4.74 Å². The SMILES string of the molecule is CC1(CN)CCN(CCOc2cc(Cl)ccc2Cl)C1. The van der Waals surface area contributed by atoms with Crippen LogP contribution in [0.3, 0.4) is 0 Å². The summed E-state index contributed by atoms with van der Waals surface area (Å²) < 4.78 is 5.69. The first kappa shape index (κ1) is 14.9. The van der Waals surface area contributed by atoms with Gasteiger partial charge in [-0.25, -0.2) is 0 Å². The van der Waals surface area contributed by atoms with Crippen molar-refractivity contribution in [3.8, 4) is 5.75 Å². The minimum atomic E-state index is 0.258. The van der Waals surface area contributed by atoms with E-state index in [0.29, 0.717) is 22.4 Å². The van der Waals surface area contributed by atoms with E-state index in [4.69, 9.17) is 33.7 Å². The summed E-state index contributed by atoms with van der Waals surface area (Å²) in [6.45, 7) is 6.60. The fourth-order valence-corrected chi connectivity index (χ4v) is 2.69. The average Bonchev–Trinajstić information content (AvgIpc) is 2.76. The molecule has 0 radical (unpaired) electrons. The van der Waals surface area contributed by atoms with Crippen LogP contribution in [0.5, 0.6) is 5.75 Å².